The number of hydrogen-bond acceptors (Lipinski definition) is 3. The Morgan fingerprint density at radius 3 is 1.28 bits per heavy atom. The number of phenols is 1. The molecule has 1 N–H and O–H groups in total. The average Bonchev–Trinajstić information content (AvgIpc) is 3.08. The van der Waals surface area contributed by atoms with Gasteiger partial charge in [-0.05, 0) is 97.4 Å². The predicted octanol–water partition coefficient (Wildman–Crippen LogP) is 13.0. The van der Waals surface area contributed by atoms with Crippen molar-refractivity contribution in [1.29, 1.82) is 0 Å². The molecule has 47 heavy (non-hydrogen) atoms. The molecule has 0 heterocycles. The van der Waals surface area contributed by atoms with Crippen LogP contribution in [-0.4, -0.2) is 5.11 Å². The maximum absolute atomic E-state index is 11.0. The van der Waals surface area contributed by atoms with Crippen LogP contribution in [0.4, 0.5) is 0 Å². The molecule has 3 aromatic rings. The van der Waals surface area contributed by atoms with E-state index in [4.69, 9.17) is 9.47 Å². The van der Waals surface area contributed by atoms with Crippen LogP contribution in [-0.2, 0) is 38.9 Å². The molecule has 3 aromatic carbocycles. The van der Waals surface area contributed by atoms with E-state index in [-0.39, 0.29) is 5.75 Å². The molecule has 0 aliphatic rings. The van der Waals surface area contributed by atoms with Crippen LogP contribution >= 0.6 is 0 Å². The summed E-state index contributed by atoms with van der Waals surface area (Å²) < 4.78 is 13.2. The summed E-state index contributed by atoms with van der Waals surface area (Å²) in [7, 11) is 0. The number of ether oxygens (including phenoxy) is 2. The molecule has 0 bridgehead atoms. The van der Waals surface area contributed by atoms with Crippen molar-refractivity contribution in [2.75, 3.05) is 0 Å². The predicted molar refractivity (Wildman–Crippen MR) is 201 cm³/mol. The first-order valence-electron chi connectivity index (χ1n) is 19.4. The Bertz CT molecular complexity index is 1260. The van der Waals surface area contributed by atoms with Crippen molar-refractivity contribution >= 4 is 0 Å². The summed E-state index contributed by atoms with van der Waals surface area (Å²) >= 11 is 0. The van der Waals surface area contributed by atoms with Gasteiger partial charge < -0.3 is 14.6 Å². The lowest BCUT2D eigenvalue weighted by Crippen LogP contribution is -2.08. The van der Waals surface area contributed by atoms with E-state index in [0.29, 0.717) is 13.2 Å². The number of aryl methyl sites for hydroxylation is 2. The van der Waals surface area contributed by atoms with Crippen molar-refractivity contribution in [2.45, 2.75) is 169 Å². The number of aromatic hydroxyl groups is 1. The lowest BCUT2D eigenvalue weighted by atomic mass is 9.95. The number of rotatable bonds is 26. The standard InChI is InChI=1S/C44H66O3/c1-5-9-13-17-24-36-26-22-32-43(39(36)29-19-15-11-7-3)46-34-38-28-21-31-42(45)41(38)35-47-44-33-23-27-37(25-18-14-10-6-2)40(44)30-20-16-12-8-4/h21-23,26-28,31-33,45H,5-20,24-25,29-30,34-35H2,1-4H3. The quantitative estimate of drug-likeness (QED) is 0.0886. The molecule has 0 saturated heterocycles. The van der Waals surface area contributed by atoms with Crippen LogP contribution in [0.15, 0.2) is 54.6 Å². The molecule has 0 unspecified atom stereocenters. The van der Waals surface area contributed by atoms with Crippen molar-refractivity contribution in [2.24, 2.45) is 0 Å². The van der Waals surface area contributed by atoms with Gasteiger partial charge in [0.25, 0.3) is 0 Å². The zero-order valence-electron chi connectivity index (χ0n) is 30.5. The van der Waals surface area contributed by atoms with Crippen LogP contribution in [0, 0.1) is 0 Å². The molecule has 0 saturated carbocycles. The molecule has 3 heteroatoms. The first kappa shape index (κ1) is 38.5. The van der Waals surface area contributed by atoms with Crippen molar-refractivity contribution in [1.82, 2.24) is 0 Å². The fourth-order valence-corrected chi connectivity index (χ4v) is 6.70. The van der Waals surface area contributed by atoms with Crippen LogP contribution in [0.25, 0.3) is 0 Å². The van der Waals surface area contributed by atoms with Gasteiger partial charge in [-0.15, -0.1) is 0 Å². The maximum atomic E-state index is 11.0. The lowest BCUT2D eigenvalue weighted by molar-refractivity contribution is 0.276. The topological polar surface area (TPSA) is 38.7 Å². The first-order chi connectivity index (χ1) is 23.1. The summed E-state index contributed by atoms with van der Waals surface area (Å²) in [6, 6.07) is 18.9. The van der Waals surface area contributed by atoms with Crippen molar-refractivity contribution in [3.05, 3.63) is 88.0 Å². The van der Waals surface area contributed by atoms with Crippen LogP contribution < -0.4 is 9.47 Å². The molecule has 0 amide bonds. The fourth-order valence-electron chi connectivity index (χ4n) is 6.70. The summed E-state index contributed by atoms with van der Waals surface area (Å²) in [5, 5.41) is 11.0. The summed E-state index contributed by atoms with van der Waals surface area (Å²) in [5.74, 6) is 2.24. The third kappa shape index (κ3) is 13.6. The van der Waals surface area contributed by atoms with E-state index < -0.39 is 0 Å². The molecule has 260 valence electrons. The third-order valence-electron chi connectivity index (χ3n) is 9.62. The van der Waals surface area contributed by atoms with Gasteiger partial charge in [0.2, 0.25) is 0 Å². The number of unbranched alkanes of at least 4 members (excludes halogenated alkanes) is 12. The van der Waals surface area contributed by atoms with E-state index in [9.17, 15) is 5.11 Å². The van der Waals surface area contributed by atoms with Crippen LogP contribution in [0.3, 0.4) is 0 Å². The molecule has 0 spiro atoms. The van der Waals surface area contributed by atoms with Gasteiger partial charge in [0.15, 0.2) is 0 Å². The zero-order chi connectivity index (χ0) is 33.5. The molecule has 3 nitrogen and oxygen atoms in total. The van der Waals surface area contributed by atoms with Gasteiger partial charge in [0, 0.05) is 5.56 Å². The summed E-state index contributed by atoms with van der Waals surface area (Å²) in [5.41, 5.74) is 7.40. The molecule has 0 aliphatic carbocycles. The number of benzene rings is 3. The molecule has 0 atom stereocenters. The van der Waals surface area contributed by atoms with Gasteiger partial charge in [-0.1, -0.05) is 141 Å². The summed E-state index contributed by atoms with van der Waals surface area (Å²) in [4.78, 5) is 0. The van der Waals surface area contributed by atoms with E-state index in [2.05, 4.69) is 70.2 Å². The summed E-state index contributed by atoms with van der Waals surface area (Å²) in [6.45, 7) is 9.82. The Hall–Kier alpha value is -2.94. The number of phenolic OH excluding ortho intramolecular Hbond substituents is 1. The Morgan fingerprint density at radius 1 is 0.404 bits per heavy atom. The Morgan fingerprint density at radius 2 is 0.809 bits per heavy atom. The second-order valence-electron chi connectivity index (χ2n) is 13.5. The number of hydrogen-bond donors (Lipinski definition) is 1. The van der Waals surface area contributed by atoms with E-state index in [0.717, 1.165) is 48.3 Å². The van der Waals surface area contributed by atoms with Gasteiger partial charge in [0.1, 0.15) is 30.5 Å². The van der Waals surface area contributed by atoms with E-state index in [1.807, 2.05) is 6.07 Å². The second kappa shape index (κ2) is 23.4. The fraction of sp³-hybridized carbons (Fsp3) is 0.591. The normalized spacial score (nSPS) is 11.2. The highest BCUT2D eigenvalue weighted by atomic mass is 16.5. The molecular weight excluding hydrogens is 576 g/mol. The highest BCUT2D eigenvalue weighted by molar-refractivity contribution is 5.44. The molecule has 3 rings (SSSR count). The Kier molecular flexibility index (Phi) is 19.2. The Balaban J connectivity index is 1.78. The van der Waals surface area contributed by atoms with Gasteiger partial charge in [-0.3, -0.25) is 0 Å². The smallest absolute Gasteiger partial charge is 0.123 e. The first-order valence-corrected chi connectivity index (χ1v) is 19.4. The minimum absolute atomic E-state index is 0.274. The molecule has 0 fully saturated rings. The largest absolute Gasteiger partial charge is 0.508 e. The zero-order valence-corrected chi connectivity index (χ0v) is 30.5. The van der Waals surface area contributed by atoms with Crippen molar-refractivity contribution in [3.63, 3.8) is 0 Å². The van der Waals surface area contributed by atoms with Crippen molar-refractivity contribution < 1.29 is 14.6 Å². The van der Waals surface area contributed by atoms with Crippen LogP contribution in [0.2, 0.25) is 0 Å². The minimum Gasteiger partial charge on any atom is -0.508 e. The monoisotopic (exact) mass is 643 g/mol. The lowest BCUT2D eigenvalue weighted by Gasteiger charge is -2.19. The molecule has 0 aromatic heterocycles. The molecular formula is C44H66O3. The minimum atomic E-state index is 0.274. The van der Waals surface area contributed by atoms with Gasteiger partial charge in [-0.2, -0.15) is 0 Å². The molecule has 0 aliphatic heterocycles. The van der Waals surface area contributed by atoms with Gasteiger partial charge >= 0.3 is 0 Å². The average molecular weight is 643 g/mol. The highest BCUT2D eigenvalue weighted by Crippen LogP contribution is 2.32. The Labute approximate surface area is 288 Å². The van der Waals surface area contributed by atoms with E-state index >= 15 is 0 Å². The van der Waals surface area contributed by atoms with E-state index in [1.54, 1.807) is 6.07 Å². The molecule has 0 radical (unpaired) electrons. The SMILES string of the molecule is CCCCCCc1cccc(OCc2cccc(O)c2COc2cccc(CCCCCC)c2CCCCCC)c1CCCCCC. The van der Waals surface area contributed by atoms with Gasteiger partial charge in [-0.25, -0.2) is 0 Å². The second-order valence-corrected chi connectivity index (χ2v) is 13.5. The summed E-state index contributed by atoms with van der Waals surface area (Å²) in [6.07, 6.45) is 24.4. The highest BCUT2D eigenvalue weighted by Gasteiger charge is 2.15. The van der Waals surface area contributed by atoms with Gasteiger partial charge in [0.05, 0.1) is 0 Å². The van der Waals surface area contributed by atoms with Crippen LogP contribution in [0.1, 0.15) is 164 Å². The van der Waals surface area contributed by atoms with Crippen LogP contribution in [0.5, 0.6) is 17.2 Å². The third-order valence-corrected chi connectivity index (χ3v) is 9.62. The van der Waals surface area contributed by atoms with Crippen molar-refractivity contribution in [3.8, 4) is 17.2 Å². The van der Waals surface area contributed by atoms with E-state index in [1.165, 1.54) is 125 Å². The maximum Gasteiger partial charge on any atom is 0.123 e.